The van der Waals surface area contributed by atoms with Crippen molar-refractivity contribution in [3.63, 3.8) is 0 Å². The number of hydrogen-bond donors (Lipinski definition) is 0. The predicted octanol–water partition coefficient (Wildman–Crippen LogP) is 2.28. The average molecular weight is 278 g/mol. The lowest BCUT2D eigenvalue weighted by atomic mass is 10.1. The topological polar surface area (TPSA) is 56.1 Å². The van der Waals surface area contributed by atoms with Crippen molar-refractivity contribution in [1.82, 2.24) is 4.57 Å². The Hall–Kier alpha value is -0.810. The standard InChI is InChI=1S/C11H16ClNO3S/c1-5-8-10(7(3)14)11(17(12,15)16)9(6-2)13(8)4/h5-6H2,1-4H3. The summed E-state index contributed by atoms with van der Waals surface area (Å²) in [6, 6.07) is 0. The molecule has 0 saturated heterocycles. The van der Waals surface area contributed by atoms with Crippen molar-refractivity contribution >= 4 is 25.5 Å². The van der Waals surface area contributed by atoms with Gasteiger partial charge in [-0.3, -0.25) is 4.79 Å². The lowest BCUT2D eigenvalue weighted by Crippen LogP contribution is -2.03. The molecule has 4 nitrogen and oxygen atoms in total. The normalized spacial score (nSPS) is 11.8. The zero-order chi connectivity index (χ0) is 13.4. The van der Waals surface area contributed by atoms with Crippen molar-refractivity contribution in [2.75, 3.05) is 0 Å². The number of carbonyl (C=O) groups excluding carboxylic acids is 1. The second-order valence-electron chi connectivity index (χ2n) is 3.86. The zero-order valence-corrected chi connectivity index (χ0v) is 11.9. The van der Waals surface area contributed by atoms with Gasteiger partial charge in [-0.2, -0.15) is 0 Å². The Morgan fingerprint density at radius 2 is 1.71 bits per heavy atom. The molecule has 0 fully saturated rings. The van der Waals surface area contributed by atoms with E-state index in [1.807, 2.05) is 13.8 Å². The van der Waals surface area contributed by atoms with E-state index in [4.69, 9.17) is 10.7 Å². The van der Waals surface area contributed by atoms with Crippen LogP contribution < -0.4 is 0 Å². The molecule has 0 aliphatic heterocycles. The van der Waals surface area contributed by atoms with Crippen LogP contribution in [0.3, 0.4) is 0 Å². The van der Waals surface area contributed by atoms with Crippen LogP contribution in [-0.4, -0.2) is 18.8 Å². The number of hydrogen-bond acceptors (Lipinski definition) is 3. The van der Waals surface area contributed by atoms with Gasteiger partial charge in [0.25, 0.3) is 9.05 Å². The van der Waals surface area contributed by atoms with Gasteiger partial charge in [-0.25, -0.2) is 8.42 Å². The maximum atomic E-state index is 11.6. The summed E-state index contributed by atoms with van der Waals surface area (Å²) >= 11 is 0. The van der Waals surface area contributed by atoms with Gasteiger partial charge in [0.15, 0.2) is 5.78 Å². The van der Waals surface area contributed by atoms with Gasteiger partial charge in [-0.05, 0) is 19.8 Å². The van der Waals surface area contributed by atoms with Crippen molar-refractivity contribution < 1.29 is 13.2 Å². The molecule has 0 unspecified atom stereocenters. The van der Waals surface area contributed by atoms with E-state index in [2.05, 4.69) is 0 Å². The first-order valence-electron chi connectivity index (χ1n) is 5.41. The second kappa shape index (κ2) is 4.82. The SMILES string of the molecule is CCc1c(C(C)=O)c(S(=O)(=O)Cl)c(CC)n1C. The van der Waals surface area contributed by atoms with Crippen molar-refractivity contribution in [3.8, 4) is 0 Å². The third-order valence-electron chi connectivity index (χ3n) is 2.85. The minimum absolute atomic E-state index is 0.0199. The van der Waals surface area contributed by atoms with E-state index < -0.39 is 9.05 Å². The van der Waals surface area contributed by atoms with E-state index in [1.165, 1.54) is 6.92 Å². The number of carbonyl (C=O) groups is 1. The van der Waals surface area contributed by atoms with Crippen LogP contribution >= 0.6 is 10.7 Å². The van der Waals surface area contributed by atoms with Crippen LogP contribution in [0.2, 0.25) is 0 Å². The highest BCUT2D eigenvalue weighted by Gasteiger charge is 2.29. The molecular formula is C11H16ClNO3S. The molecule has 0 saturated carbocycles. The fourth-order valence-corrected chi connectivity index (χ4v) is 3.76. The van der Waals surface area contributed by atoms with Gasteiger partial charge < -0.3 is 4.57 Å². The Morgan fingerprint density at radius 1 is 1.24 bits per heavy atom. The lowest BCUT2D eigenvalue weighted by molar-refractivity contribution is 0.101. The molecule has 17 heavy (non-hydrogen) atoms. The highest BCUT2D eigenvalue weighted by atomic mass is 35.7. The molecule has 1 aromatic heterocycles. The number of nitrogens with zero attached hydrogens (tertiary/aromatic N) is 1. The average Bonchev–Trinajstić information content (AvgIpc) is 2.49. The Balaban J connectivity index is 3.84. The van der Waals surface area contributed by atoms with Crippen LogP contribution in [0.4, 0.5) is 0 Å². The van der Waals surface area contributed by atoms with Crippen LogP contribution in [0.25, 0.3) is 0 Å². The van der Waals surface area contributed by atoms with Crippen molar-refractivity contribution in [2.24, 2.45) is 7.05 Å². The van der Waals surface area contributed by atoms with Crippen LogP contribution in [0.15, 0.2) is 4.90 Å². The minimum atomic E-state index is -3.90. The first kappa shape index (κ1) is 14.3. The summed E-state index contributed by atoms with van der Waals surface area (Å²) in [7, 11) is 3.30. The summed E-state index contributed by atoms with van der Waals surface area (Å²) in [6.07, 6.45) is 1.10. The third kappa shape index (κ3) is 2.40. The third-order valence-corrected chi connectivity index (χ3v) is 4.24. The summed E-state index contributed by atoms with van der Waals surface area (Å²) in [5.74, 6) is -0.267. The molecule has 0 aromatic carbocycles. The molecular weight excluding hydrogens is 262 g/mol. The number of rotatable bonds is 4. The van der Waals surface area contributed by atoms with E-state index in [9.17, 15) is 13.2 Å². The van der Waals surface area contributed by atoms with Crippen LogP contribution in [0.1, 0.15) is 42.5 Å². The summed E-state index contributed by atoms with van der Waals surface area (Å²) in [6.45, 7) is 5.08. The first-order chi connectivity index (χ1) is 7.75. The smallest absolute Gasteiger partial charge is 0.263 e. The molecule has 6 heteroatoms. The van der Waals surface area contributed by atoms with E-state index in [-0.39, 0.29) is 16.2 Å². The summed E-state index contributed by atoms with van der Waals surface area (Å²) in [4.78, 5) is 11.6. The Kier molecular flexibility index (Phi) is 4.04. The molecule has 0 N–H and O–H groups in total. The molecule has 0 amide bonds. The van der Waals surface area contributed by atoms with E-state index in [0.29, 0.717) is 24.2 Å². The summed E-state index contributed by atoms with van der Waals surface area (Å²) < 4.78 is 25.0. The second-order valence-corrected chi connectivity index (χ2v) is 6.36. The van der Waals surface area contributed by atoms with Gasteiger partial charge in [-0.1, -0.05) is 13.8 Å². The Bertz CT molecular complexity index is 558. The first-order valence-corrected chi connectivity index (χ1v) is 7.72. The maximum absolute atomic E-state index is 11.6. The molecule has 1 heterocycles. The number of ketones is 1. The molecule has 0 radical (unpaired) electrons. The molecule has 1 rings (SSSR count). The van der Waals surface area contributed by atoms with E-state index in [1.54, 1.807) is 11.6 Å². The van der Waals surface area contributed by atoms with Crippen molar-refractivity contribution in [3.05, 3.63) is 17.0 Å². The zero-order valence-electron chi connectivity index (χ0n) is 10.4. The molecule has 0 aliphatic carbocycles. The van der Waals surface area contributed by atoms with Crippen molar-refractivity contribution in [1.29, 1.82) is 0 Å². The number of halogens is 1. The minimum Gasteiger partial charge on any atom is -0.350 e. The van der Waals surface area contributed by atoms with E-state index in [0.717, 1.165) is 0 Å². The number of Topliss-reactive ketones (excluding diaryl/α,β-unsaturated/α-hetero) is 1. The Morgan fingerprint density at radius 3 is 2.00 bits per heavy atom. The summed E-state index contributed by atoms with van der Waals surface area (Å²) in [5.41, 5.74) is 1.54. The van der Waals surface area contributed by atoms with Gasteiger partial charge >= 0.3 is 0 Å². The summed E-state index contributed by atoms with van der Waals surface area (Å²) in [5, 5.41) is 0. The molecule has 96 valence electrons. The highest BCUT2D eigenvalue weighted by Crippen LogP contribution is 2.30. The van der Waals surface area contributed by atoms with Crippen LogP contribution in [0, 0.1) is 0 Å². The largest absolute Gasteiger partial charge is 0.350 e. The van der Waals surface area contributed by atoms with Gasteiger partial charge in [0.2, 0.25) is 0 Å². The van der Waals surface area contributed by atoms with E-state index >= 15 is 0 Å². The predicted molar refractivity (Wildman–Crippen MR) is 67.2 cm³/mol. The lowest BCUT2D eigenvalue weighted by Gasteiger charge is -2.04. The molecule has 0 aliphatic rings. The quantitative estimate of drug-likeness (QED) is 0.627. The van der Waals surface area contributed by atoms with Crippen LogP contribution in [-0.2, 0) is 28.9 Å². The van der Waals surface area contributed by atoms with Gasteiger partial charge in [0, 0.05) is 29.1 Å². The molecule has 0 bridgehead atoms. The van der Waals surface area contributed by atoms with Gasteiger partial charge in [0.05, 0.1) is 5.56 Å². The van der Waals surface area contributed by atoms with Gasteiger partial charge in [0.1, 0.15) is 4.90 Å². The van der Waals surface area contributed by atoms with Gasteiger partial charge in [-0.15, -0.1) is 0 Å². The monoisotopic (exact) mass is 277 g/mol. The van der Waals surface area contributed by atoms with Crippen molar-refractivity contribution in [2.45, 2.75) is 38.5 Å². The highest BCUT2D eigenvalue weighted by molar-refractivity contribution is 8.13. The van der Waals surface area contributed by atoms with Crippen LogP contribution in [0.5, 0.6) is 0 Å². The molecule has 1 aromatic rings. The fourth-order valence-electron chi connectivity index (χ4n) is 2.20. The number of aromatic nitrogens is 1. The fraction of sp³-hybridized carbons (Fsp3) is 0.545. The molecule has 0 atom stereocenters. The maximum Gasteiger partial charge on any atom is 0.263 e. The Labute approximate surface area is 106 Å². The molecule has 0 spiro atoms.